The average molecular weight is 139 g/mol. The second-order valence-electron chi connectivity index (χ2n) is 1.27. The Bertz CT molecular complexity index is 176. The molecule has 0 fully saturated rings. The normalized spacial score (nSPS) is 11.9. The fourth-order valence-electron chi connectivity index (χ4n) is 0.299. The zero-order valence-corrected chi connectivity index (χ0v) is 4.05. The molecule has 0 saturated heterocycles. The number of tetrazole rings is 1. The van der Waals surface area contributed by atoms with Crippen LogP contribution in [0.2, 0.25) is 0 Å². The van der Waals surface area contributed by atoms with Crippen LogP contribution in [0.3, 0.4) is 0 Å². The largest absolute Gasteiger partial charge is 0.561 e. The molecule has 1 N–H and O–H groups in total. The number of H-pyrrole nitrogens is 1. The van der Waals surface area contributed by atoms with Crippen molar-refractivity contribution in [1.82, 2.24) is 15.5 Å². The lowest BCUT2D eigenvalue weighted by atomic mass is 11.1. The van der Waals surface area contributed by atoms with Crippen LogP contribution in [0.5, 0.6) is 0 Å². The minimum atomic E-state index is -4.44. The van der Waals surface area contributed by atoms with E-state index in [2.05, 4.69) is 10.3 Å². The van der Waals surface area contributed by atoms with Crippen LogP contribution >= 0.6 is 0 Å². The van der Waals surface area contributed by atoms with Gasteiger partial charge in [0.05, 0.1) is 0 Å². The molecule has 0 aliphatic rings. The minimum absolute atomic E-state index is 0.160. The first-order chi connectivity index (χ1) is 4.11. The van der Waals surface area contributed by atoms with E-state index in [0.717, 1.165) is 0 Å². The summed E-state index contributed by atoms with van der Waals surface area (Å²) in [7, 11) is 0. The van der Waals surface area contributed by atoms with E-state index in [1.165, 1.54) is 0 Å². The molecule has 50 valence electrons. The molecule has 7 heteroatoms. The summed E-state index contributed by atoms with van der Waals surface area (Å²) >= 11 is 0. The van der Waals surface area contributed by atoms with Crippen LogP contribution < -0.4 is 4.68 Å². The van der Waals surface area contributed by atoms with E-state index in [1.807, 2.05) is 0 Å². The number of aromatic nitrogens is 4. The van der Waals surface area contributed by atoms with Crippen LogP contribution in [0.15, 0.2) is 6.33 Å². The number of halogens is 3. The molecule has 1 heterocycles. The Hall–Kier alpha value is -1.14. The van der Waals surface area contributed by atoms with Gasteiger partial charge in [-0.3, -0.25) is 0 Å². The topological polar surface area (TPSA) is 45.5 Å². The summed E-state index contributed by atoms with van der Waals surface area (Å²) in [5.41, 5.74) is 0. The highest BCUT2D eigenvalue weighted by molar-refractivity contribution is 4.17. The van der Waals surface area contributed by atoms with E-state index < -0.39 is 6.30 Å². The van der Waals surface area contributed by atoms with Crippen molar-refractivity contribution in [2.75, 3.05) is 0 Å². The Morgan fingerprint density at radius 2 is 2.11 bits per heavy atom. The summed E-state index contributed by atoms with van der Waals surface area (Å²) in [5.74, 6) is 0. The maximum atomic E-state index is 11.5. The highest BCUT2D eigenvalue weighted by atomic mass is 19.4. The van der Waals surface area contributed by atoms with Gasteiger partial charge in [-0.2, -0.15) is 0 Å². The number of alkyl halides is 3. The Kier molecular flexibility index (Phi) is 1.11. The predicted molar refractivity (Wildman–Crippen MR) is 17.9 cm³/mol. The highest BCUT2D eigenvalue weighted by Gasteiger charge is 2.36. The summed E-state index contributed by atoms with van der Waals surface area (Å²) in [5, 5.41) is 7.39. The van der Waals surface area contributed by atoms with Crippen LogP contribution in [0.25, 0.3) is 0 Å². The number of hydrogen-bond acceptors (Lipinski definition) is 2. The highest BCUT2D eigenvalue weighted by Crippen LogP contribution is 2.10. The molecule has 1 aromatic rings. The molecule has 0 aliphatic carbocycles. The first-order valence-corrected chi connectivity index (χ1v) is 1.95. The van der Waals surface area contributed by atoms with Gasteiger partial charge in [0.2, 0.25) is 0 Å². The van der Waals surface area contributed by atoms with Crippen molar-refractivity contribution >= 4 is 0 Å². The number of nitrogens with one attached hydrogen (secondary N) is 1. The second kappa shape index (κ2) is 1.67. The quantitative estimate of drug-likeness (QED) is 0.495. The molecule has 0 bridgehead atoms. The average Bonchev–Trinajstić information content (AvgIpc) is 2.08. The molecule has 0 unspecified atom stereocenters. The van der Waals surface area contributed by atoms with E-state index >= 15 is 0 Å². The number of nitrogens with zero attached hydrogens (tertiary/aromatic N) is 3. The fraction of sp³-hybridized carbons (Fsp3) is 0.500. The van der Waals surface area contributed by atoms with Crippen LogP contribution in [-0.2, 0) is 6.30 Å². The van der Waals surface area contributed by atoms with Gasteiger partial charge in [0.1, 0.15) is 5.10 Å². The lowest BCUT2D eigenvalue weighted by Crippen LogP contribution is -2.48. The van der Waals surface area contributed by atoms with Crippen LogP contribution in [0, 0.1) is 0 Å². The second-order valence-corrected chi connectivity index (χ2v) is 1.27. The van der Waals surface area contributed by atoms with Crippen LogP contribution in [0.4, 0.5) is 13.2 Å². The molecule has 4 nitrogen and oxygen atoms in total. The Morgan fingerprint density at radius 1 is 1.44 bits per heavy atom. The molecule has 1 rings (SSSR count). The van der Waals surface area contributed by atoms with E-state index in [-0.39, 0.29) is 4.68 Å². The van der Waals surface area contributed by atoms with E-state index in [0.29, 0.717) is 6.33 Å². The summed E-state index contributed by atoms with van der Waals surface area (Å²) < 4.78 is 34.3. The third kappa shape index (κ3) is 1.15. The summed E-state index contributed by atoms with van der Waals surface area (Å²) in [4.78, 5) is 0. The predicted octanol–water partition coefficient (Wildman–Crippen LogP) is -0.432. The molecular formula is C2H2F3N4+. The van der Waals surface area contributed by atoms with Crippen molar-refractivity contribution in [2.45, 2.75) is 6.30 Å². The van der Waals surface area contributed by atoms with E-state index in [1.54, 1.807) is 5.21 Å². The van der Waals surface area contributed by atoms with Crippen molar-refractivity contribution in [2.24, 2.45) is 0 Å². The van der Waals surface area contributed by atoms with Gasteiger partial charge in [0.15, 0.2) is 5.21 Å². The first-order valence-electron chi connectivity index (χ1n) is 1.95. The molecule has 0 amide bonds. The summed E-state index contributed by atoms with van der Waals surface area (Å²) in [6.45, 7) is 0. The molecule has 1 aromatic heterocycles. The molecular weight excluding hydrogens is 137 g/mol. The van der Waals surface area contributed by atoms with Gasteiger partial charge in [0.25, 0.3) is 6.33 Å². The lowest BCUT2D eigenvalue weighted by molar-refractivity contribution is -0.896. The molecule has 0 aliphatic heterocycles. The van der Waals surface area contributed by atoms with E-state index in [4.69, 9.17) is 0 Å². The Labute approximate surface area is 47.3 Å². The molecule has 0 aromatic carbocycles. The molecule has 0 atom stereocenters. The molecule has 0 spiro atoms. The SMILES string of the molecule is FC(F)(F)[n+]1cnn[nH]1. The monoisotopic (exact) mass is 139 g/mol. The maximum Gasteiger partial charge on any atom is 0.561 e. The van der Waals surface area contributed by atoms with Gasteiger partial charge in [-0.05, 0) is 0 Å². The van der Waals surface area contributed by atoms with Crippen molar-refractivity contribution < 1.29 is 17.9 Å². The third-order valence-electron chi connectivity index (χ3n) is 0.650. The third-order valence-corrected chi connectivity index (χ3v) is 0.650. The number of aromatic amines is 1. The first kappa shape index (κ1) is 5.99. The number of rotatable bonds is 0. The Balaban J connectivity index is 2.90. The van der Waals surface area contributed by atoms with Crippen molar-refractivity contribution in [3.8, 4) is 0 Å². The zero-order valence-electron chi connectivity index (χ0n) is 4.05. The van der Waals surface area contributed by atoms with Crippen molar-refractivity contribution in [1.29, 1.82) is 0 Å². The zero-order chi connectivity index (χ0) is 6.91. The van der Waals surface area contributed by atoms with E-state index in [9.17, 15) is 13.2 Å². The molecule has 9 heavy (non-hydrogen) atoms. The maximum absolute atomic E-state index is 11.5. The van der Waals surface area contributed by atoms with Crippen molar-refractivity contribution in [3.05, 3.63) is 6.33 Å². The minimum Gasteiger partial charge on any atom is -0.135 e. The lowest BCUT2D eigenvalue weighted by Gasteiger charge is -1.95. The Morgan fingerprint density at radius 3 is 2.33 bits per heavy atom. The van der Waals surface area contributed by atoms with Crippen LogP contribution in [-0.4, -0.2) is 15.5 Å². The van der Waals surface area contributed by atoms with Gasteiger partial charge in [-0.1, -0.05) is 9.90 Å². The van der Waals surface area contributed by atoms with Gasteiger partial charge in [0, 0.05) is 0 Å². The van der Waals surface area contributed by atoms with Gasteiger partial charge in [-0.25, -0.2) is 0 Å². The smallest absolute Gasteiger partial charge is 0.135 e. The fourth-order valence-corrected chi connectivity index (χ4v) is 0.299. The standard InChI is InChI=1S/C2HF3N4/c3-2(4,5)9-1-6-7-8-9/h1H/p+1. The summed E-state index contributed by atoms with van der Waals surface area (Å²) in [6.07, 6.45) is -3.90. The van der Waals surface area contributed by atoms with Crippen molar-refractivity contribution in [3.63, 3.8) is 0 Å². The molecule has 0 radical (unpaired) electrons. The van der Waals surface area contributed by atoms with Crippen LogP contribution in [0.1, 0.15) is 0 Å². The molecule has 0 saturated carbocycles. The summed E-state index contributed by atoms with van der Waals surface area (Å²) in [6, 6.07) is 0. The van der Waals surface area contributed by atoms with Gasteiger partial charge >= 0.3 is 6.30 Å². The van der Waals surface area contributed by atoms with Gasteiger partial charge in [-0.15, -0.1) is 13.2 Å². The van der Waals surface area contributed by atoms with Gasteiger partial charge < -0.3 is 0 Å². The number of hydrogen-bond donors (Lipinski definition) is 1.